The summed E-state index contributed by atoms with van der Waals surface area (Å²) in [5.41, 5.74) is -0.299. The highest BCUT2D eigenvalue weighted by Crippen LogP contribution is 2.53. The van der Waals surface area contributed by atoms with Gasteiger partial charge in [-0.2, -0.15) is 0 Å². The van der Waals surface area contributed by atoms with E-state index in [0.717, 1.165) is 37.2 Å². The molecule has 3 saturated carbocycles. The van der Waals surface area contributed by atoms with E-state index in [9.17, 15) is 14.7 Å². The Kier molecular flexibility index (Phi) is 6.59. The zero-order valence-electron chi connectivity index (χ0n) is 22.0. The second-order valence-corrected chi connectivity index (χ2v) is 12.8. The molecule has 6 nitrogen and oxygen atoms in total. The maximum Gasteiger partial charge on any atom is 0.328 e. The van der Waals surface area contributed by atoms with Crippen molar-refractivity contribution in [1.82, 2.24) is 4.90 Å². The normalized spacial score (nSPS) is 36.0. The van der Waals surface area contributed by atoms with Gasteiger partial charge in [-0.1, -0.05) is 13.8 Å². The highest BCUT2D eigenvalue weighted by molar-refractivity contribution is 5.98. The minimum Gasteiger partial charge on any atom is -0.493 e. The first-order valence-electron chi connectivity index (χ1n) is 13.6. The van der Waals surface area contributed by atoms with Gasteiger partial charge < -0.3 is 19.5 Å². The molecule has 4 fully saturated rings. The van der Waals surface area contributed by atoms with Crippen LogP contribution in [0.1, 0.15) is 94.0 Å². The van der Waals surface area contributed by atoms with Crippen LogP contribution in [-0.4, -0.2) is 53.8 Å². The van der Waals surface area contributed by atoms with Gasteiger partial charge in [0.05, 0.1) is 31.4 Å². The summed E-state index contributed by atoms with van der Waals surface area (Å²) in [5, 5.41) is 10.5. The number of esters is 1. The van der Waals surface area contributed by atoms with E-state index in [2.05, 4.69) is 13.8 Å². The first-order chi connectivity index (χ1) is 17.0. The van der Waals surface area contributed by atoms with Crippen LogP contribution < -0.4 is 4.74 Å². The van der Waals surface area contributed by atoms with Gasteiger partial charge in [-0.05, 0) is 87.2 Å². The zero-order valence-corrected chi connectivity index (χ0v) is 22.0. The second kappa shape index (κ2) is 9.30. The average molecular weight is 502 g/mol. The number of halogens is 1. The lowest BCUT2D eigenvalue weighted by Crippen LogP contribution is -2.43. The van der Waals surface area contributed by atoms with Gasteiger partial charge in [-0.3, -0.25) is 4.79 Å². The lowest BCUT2D eigenvalue weighted by molar-refractivity contribution is -0.145. The van der Waals surface area contributed by atoms with Crippen LogP contribution in [0.3, 0.4) is 0 Å². The number of ether oxygens (including phenoxy) is 2. The van der Waals surface area contributed by atoms with Crippen LogP contribution >= 0.6 is 0 Å². The zero-order chi connectivity index (χ0) is 25.8. The molecular formula is C29H40FNO5. The molecule has 4 atom stereocenters. The Labute approximate surface area is 213 Å². The number of likely N-dealkylation sites (tertiary alicyclic amines) is 1. The largest absolute Gasteiger partial charge is 0.493 e. The number of β-amino-alcohol motifs (C(OH)–C–C–N with tert-alkyl or cyclic N) is 1. The summed E-state index contributed by atoms with van der Waals surface area (Å²) in [5.74, 6) is 1.06. The molecule has 1 aliphatic heterocycles. The molecule has 7 heteroatoms. The number of rotatable bonds is 6. The molecule has 1 aromatic carbocycles. The van der Waals surface area contributed by atoms with E-state index in [1.807, 2.05) is 0 Å². The van der Waals surface area contributed by atoms with E-state index < -0.39 is 29.3 Å². The molecule has 1 heterocycles. The number of methoxy groups -OCH3 is 1. The molecule has 5 rings (SSSR count). The van der Waals surface area contributed by atoms with Gasteiger partial charge in [0.2, 0.25) is 0 Å². The van der Waals surface area contributed by atoms with Gasteiger partial charge in [-0.15, -0.1) is 0 Å². The smallest absolute Gasteiger partial charge is 0.328 e. The average Bonchev–Trinajstić information content (AvgIpc) is 3.58. The number of carbonyl (C=O) groups excluding carboxylic acids is 2. The van der Waals surface area contributed by atoms with Crippen molar-refractivity contribution in [2.24, 2.45) is 23.2 Å². The molecule has 4 aliphatic rings. The molecule has 1 aromatic rings. The van der Waals surface area contributed by atoms with Crippen LogP contribution in [0.2, 0.25) is 0 Å². The molecule has 1 saturated heterocycles. The number of hydrogen-bond donors (Lipinski definition) is 1. The van der Waals surface area contributed by atoms with Crippen molar-refractivity contribution in [2.45, 2.75) is 89.7 Å². The van der Waals surface area contributed by atoms with E-state index in [4.69, 9.17) is 9.47 Å². The summed E-state index contributed by atoms with van der Waals surface area (Å²) >= 11 is 0. The van der Waals surface area contributed by atoms with Crippen molar-refractivity contribution in [3.63, 3.8) is 0 Å². The van der Waals surface area contributed by atoms with Crippen molar-refractivity contribution in [1.29, 1.82) is 0 Å². The summed E-state index contributed by atoms with van der Waals surface area (Å²) in [4.78, 5) is 27.0. The fraction of sp³-hybridized carbons (Fsp3) is 0.724. The molecule has 1 amide bonds. The molecule has 1 N–H and O–H groups in total. The number of carbonyl (C=O) groups is 2. The second-order valence-electron chi connectivity index (χ2n) is 12.8. The number of aliphatic hydroxyl groups is 1. The van der Waals surface area contributed by atoms with Crippen molar-refractivity contribution >= 4 is 11.9 Å². The van der Waals surface area contributed by atoms with Gasteiger partial charge in [0.25, 0.3) is 5.91 Å². The first kappa shape index (κ1) is 25.5. The maximum atomic E-state index is 15.5. The predicted molar refractivity (Wildman–Crippen MR) is 133 cm³/mol. The van der Waals surface area contributed by atoms with Crippen LogP contribution in [0, 0.1) is 29.0 Å². The number of benzene rings is 1. The summed E-state index contributed by atoms with van der Waals surface area (Å²) in [6.45, 7) is 6.78. The van der Waals surface area contributed by atoms with Gasteiger partial charge in [-0.25, -0.2) is 9.18 Å². The quantitative estimate of drug-likeness (QED) is 0.551. The monoisotopic (exact) mass is 501 g/mol. The van der Waals surface area contributed by atoms with Crippen LogP contribution in [0.4, 0.5) is 4.39 Å². The minimum atomic E-state index is -1.24. The SMILES string of the molecule is COC(=O)[C@@H]1CC(C)(O)CN1C(=O)c1cc(C2CC2)c(OCC23CC(C)CC(CC(C)C2)C3)cc1F. The number of amides is 1. The minimum absolute atomic E-state index is 0.0535. The van der Waals surface area contributed by atoms with E-state index >= 15 is 4.39 Å². The third-order valence-electron chi connectivity index (χ3n) is 8.89. The Hall–Kier alpha value is -2.15. The number of fused-ring (bicyclic) bond motifs is 2. The fourth-order valence-electron chi connectivity index (χ4n) is 7.67. The van der Waals surface area contributed by atoms with Crippen LogP contribution in [0.15, 0.2) is 12.1 Å². The molecule has 3 unspecified atom stereocenters. The Balaban J connectivity index is 1.39. The molecule has 2 bridgehead atoms. The Morgan fingerprint density at radius 3 is 2.39 bits per heavy atom. The summed E-state index contributed by atoms with van der Waals surface area (Å²) in [6.07, 6.45) is 8.10. The van der Waals surface area contributed by atoms with Gasteiger partial charge >= 0.3 is 5.97 Å². The predicted octanol–water partition coefficient (Wildman–Crippen LogP) is 5.07. The molecule has 3 aliphatic carbocycles. The Morgan fingerprint density at radius 1 is 1.11 bits per heavy atom. The topological polar surface area (TPSA) is 76.1 Å². The number of nitrogens with zero attached hydrogens (tertiary/aromatic N) is 1. The summed E-state index contributed by atoms with van der Waals surface area (Å²) in [6, 6.07) is 2.06. The molecular weight excluding hydrogens is 461 g/mol. The molecule has 0 radical (unpaired) electrons. The van der Waals surface area contributed by atoms with Crippen LogP contribution in [-0.2, 0) is 9.53 Å². The lowest BCUT2D eigenvalue weighted by atomic mass is 9.57. The third-order valence-corrected chi connectivity index (χ3v) is 8.89. The molecule has 0 spiro atoms. The molecule has 0 aromatic heterocycles. The number of hydrogen-bond acceptors (Lipinski definition) is 5. The van der Waals surface area contributed by atoms with Crippen molar-refractivity contribution < 1.29 is 28.6 Å². The fourth-order valence-corrected chi connectivity index (χ4v) is 7.67. The third kappa shape index (κ3) is 5.00. The molecule has 198 valence electrons. The van der Waals surface area contributed by atoms with Gasteiger partial charge in [0.15, 0.2) is 0 Å². The van der Waals surface area contributed by atoms with Crippen LogP contribution in [0.25, 0.3) is 0 Å². The molecule has 36 heavy (non-hydrogen) atoms. The Bertz CT molecular complexity index is 1020. The van der Waals surface area contributed by atoms with Crippen LogP contribution in [0.5, 0.6) is 5.75 Å². The Morgan fingerprint density at radius 2 is 1.78 bits per heavy atom. The van der Waals surface area contributed by atoms with E-state index in [0.29, 0.717) is 24.2 Å². The highest BCUT2D eigenvalue weighted by Gasteiger charge is 2.47. The van der Waals surface area contributed by atoms with Gasteiger partial charge in [0.1, 0.15) is 17.6 Å². The standard InChI is InChI=1S/C29H40FNO5/c1-17-7-19-8-18(2)12-29(11-17,13-19)16-36-25-10-23(30)22(9-21(25)20-5-6-20)26(32)31-15-28(3,34)14-24(31)27(33)35-4/h9-10,17-20,24,34H,5-8,11-16H2,1-4H3/t17?,18?,19?,24-,28?,29?/m0/s1. The summed E-state index contributed by atoms with van der Waals surface area (Å²) < 4.78 is 26.7. The van der Waals surface area contributed by atoms with Gasteiger partial charge in [0, 0.05) is 17.9 Å². The highest BCUT2D eigenvalue weighted by atomic mass is 19.1. The van der Waals surface area contributed by atoms with Crippen molar-refractivity contribution in [2.75, 3.05) is 20.3 Å². The summed E-state index contributed by atoms with van der Waals surface area (Å²) in [7, 11) is 1.25. The van der Waals surface area contributed by atoms with Crippen molar-refractivity contribution in [3.8, 4) is 5.75 Å². The van der Waals surface area contributed by atoms with E-state index in [1.54, 1.807) is 13.0 Å². The van der Waals surface area contributed by atoms with Crippen molar-refractivity contribution in [3.05, 3.63) is 29.1 Å². The van der Waals surface area contributed by atoms with E-state index in [1.165, 1.54) is 37.3 Å². The first-order valence-corrected chi connectivity index (χ1v) is 13.6. The van der Waals surface area contributed by atoms with E-state index in [-0.39, 0.29) is 29.9 Å². The maximum absolute atomic E-state index is 15.5. The lowest BCUT2D eigenvalue weighted by Gasteiger charge is -2.49.